The Morgan fingerprint density at radius 1 is 1.64 bits per heavy atom. The zero-order valence-electron chi connectivity index (χ0n) is 7.92. The van der Waals surface area contributed by atoms with Crippen molar-refractivity contribution in [3.05, 3.63) is 20.8 Å². The smallest absolute Gasteiger partial charge is 0.228 e. The molecule has 1 aromatic heterocycles. The third-order valence-electron chi connectivity index (χ3n) is 2.34. The van der Waals surface area contributed by atoms with Crippen LogP contribution in [0, 0.1) is 0 Å². The molecule has 1 aromatic rings. The van der Waals surface area contributed by atoms with E-state index in [1.807, 2.05) is 19.1 Å². The predicted molar refractivity (Wildman–Crippen MR) is 61.6 cm³/mol. The summed E-state index contributed by atoms with van der Waals surface area (Å²) in [4.78, 5) is 12.8. The van der Waals surface area contributed by atoms with Gasteiger partial charge in [-0.2, -0.15) is 0 Å². The number of rotatable bonds is 3. The average molecular weight is 274 g/mol. The molecule has 1 fully saturated rings. The van der Waals surface area contributed by atoms with Gasteiger partial charge in [0.25, 0.3) is 0 Å². The fourth-order valence-corrected chi connectivity index (χ4v) is 2.72. The summed E-state index contributed by atoms with van der Waals surface area (Å²) >= 11 is 5.03. The molecule has 1 aliphatic carbocycles. The first-order valence-corrected chi connectivity index (χ1v) is 6.33. The summed E-state index contributed by atoms with van der Waals surface area (Å²) in [5.74, 6) is 0.133. The van der Waals surface area contributed by atoms with Crippen molar-refractivity contribution in [2.45, 2.75) is 31.7 Å². The van der Waals surface area contributed by atoms with Gasteiger partial charge in [0.1, 0.15) is 0 Å². The Hall–Kier alpha value is -0.350. The molecule has 1 saturated carbocycles. The van der Waals surface area contributed by atoms with Gasteiger partial charge in [0.05, 0.1) is 9.70 Å². The van der Waals surface area contributed by atoms with Crippen molar-refractivity contribution in [2.75, 3.05) is 0 Å². The molecule has 14 heavy (non-hydrogen) atoms. The lowest BCUT2D eigenvalue weighted by molar-refractivity contribution is -0.122. The van der Waals surface area contributed by atoms with E-state index in [1.54, 1.807) is 11.3 Å². The highest BCUT2D eigenvalue weighted by Gasteiger charge is 2.26. The van der Waals surface area contributed by atoms with Crippen molar-refractivity contribution in [3.63, 3.8) is 0 Å². The molecule has 1 atom stereocenters. The predicted octanol–water partition coefficient (Wildman–Crippen LogP) is 2.89. The van der Waals surface area contributed by atoms with Crippen LogP contribution in [0.3, 0.4) is 0 Å². The van der Waals surface area contributed by atoms with Gasteiger partial charge in [-0.1, -0.05) is 0 Å². The lowest BCUT2D eigenvalue weighted by Gasteiger charge is -2.09. The second kappa shape index (κ2) is 4.03. The van der Waals surface area contributed by atoms with E-state index >= 15 is 0 Å². The van der Waals surface area contributed by atoms with Crippen molar-refractivity contribution < 1.29 is 4.79 Å². The van der Waals surface area contributed by atoms with Crippen LogP contribution < -0.4 is 5.32 Å². The molecule has 0 bridgehead atoms. The summed E-state index contributed by atoms with van der Waals surface area (Å²) in [6.07, 6.45) is 2.29. The minimum absolute atomic E-state index is 0.0214. The summed E-state index contributed by atoms with van der Waals surface area (Å²) in [6.45, 7) is 1.95. The highest BCUT2D eigenvalue weighted by atomic mass is 79.9. The van der Waals surface area contributed by atoms with Crippen LogP contribution in [-0.2, 0) is 4.79 Å². The Morgan fingerprint density at radius 3 is 2.86 bits per heavy atom. The summed E-state index contributed by atoms with van der Waals surface area (Å²) in [5, 5.41) is 3.01. The number of hydrogen-bond donors (Lipinski definition) is 1. The minimum atomic E-state index is -0.0214. The maximum absolute atomic E-state index is 11.7. The maximum Gasteiger partial charge on any atom is 0.228 e. The molecule has 1 unspecified atom stereocenters. The van der Waals surface area contributed by atoms with Crippen LogP contribution in [0.5, 0.6) is 0 Å². The molecule has 76 valence electrons. The van der Waals surface area contributed by atoms with Gasteiger partial charge in [0.2, 0.25) is 5.91 Å². The fraction of sp³-hybridized carbons (Fsp3) is 0.500. The highest BCUT2D eigenvalue weighted by Crippen LogP contribution is 2.29. The number of thiophene rings is 1. The molecular weight excluding hydrogens is 262 g/mol. The van der Waals surface area contributed by atoms with Gasteiger partial charge in [-0.25, -0.2) is 0 Å². The number of carbonyl (C=O) groups excluding carboxylic acids is 1. The van der Waals surface area contributed by atoms with Crippen LogP contribution in [0.15, 0.2) is 15.9 Å². The van der Waals surface area contributed by atoms with Crippen LogP contribution in [-0.4, -0.2) is 11.9 Å². The Bertz CT molecular complexity index is 346. The van der Waals surface area contributed by atoms with Crippen LogP contribution in [0.4, 0.5) is 0 Å². The number of carbonyl (C=O) groups is 1. The monoisotopic (exact) mass is 273 g/mol. The molecule has 1 N–H and O–H groups in total. The van der Waals surface area contributed by atoms with Gasteiger partial charge in [0, 0.05) is 10.9 Å². The zero-order valence-corrected chi connectivity index (χ0v) is 10.3. The fourth-order valence-electron chi connectivity index (χ4n) is 1.24. The minimum Gasteiger partial charge on any atom is -0.353 e. The first kappa shape index (κ1) is 10.2. The summed E-state index contributed by atoms with van der Waals surface area (Å²) in [5.41, 5.74) is 0. The van der Waals surface area contributed by atoms with Crippen LogP contribution in [0.2, 0.25) is 0 Å². The van der Waals surface area contributed by atoms with Crippen LogP contribution in [0.25, 0.3) is 0 Å². The molecule has 2 nitrogen and oxygen atoms in total. The quantitative estimate of drug-likeness (QED) is 0.902. The van der Waals surface area contributed by atoms with E-state index in [1.165, 1.54) is 0 Å². The Balaban J connectivity index is 1.99. The molecule has 1 heterocycles. The number of hydrogen-bond acceptors (Lipinski definition) is 2. The summed E-state index contributed by atoms with van der Waals surface area (Å²) < 4.78 is 1.08. The van der Waals surface area contributed by atoms with E-state index in [-0.39, 0.29) is 11.8 Å². The molecular formula is C10H12BrNOS. The highest BCUT2D eigenvalue weighted by molar-refractivity contribution is 9.11. The van der Waals surface area contributed by atoms with E-state index in [2.05, 4.69) is 21.2 Å². The Morgan fingerprint density at radius 2 is 2.36 bits per heavy atom. The van der Waals surface area contributed by atoms with E-state index in [0.29, 0.717) is 6.04 Å². The molecule has 0 spiro atoms. The summed E-state index contributed by atoms with van der Waals surface area (Å²) in [7, 11) is 0. The van der Waals surface area contributed by atoms with E-state index in [9.17, 15) is 4.79 Å². The molecule has 2 rings (SSSR count). The van der Waals surface area contributed by atoms with Gasteiger partial charge in [-0.05, 0) is 47.8 Å². The molecule has 0 aliphatic heterocycles. The SMILES string of the molecule is CC(C(=O)NC1CC1)c1ccc(Br)s1. The van der Waals surface area contributed by atoms with Crippen molar-refractivity contribution in [1.82, 2.24) is 5.32 Å². The third-order valence-corrected chi connectivity index (χ3v) is 4.14. The maximum atomic E-state index is 11.7. The van der Waals surface area contributed by atoms with Gasteiger partial charge in [0.15, 0.2) is 0 Å². The molecule has 0 saturated heterocycles. The van der Waals surface area contributed by atoms with E-state index in [0.717, 1.165) is 21.5 Å². The molecule has 0 aromatic carbocycles. The summed E-state index contributed by atoms with van der Waals surface area (Å²) in [6, 6.07) is 4.45. The van der Waals surface area contributed by atoms with Crippen molar-refractivity contribution in [3.8, 4) is 0 Å². The van der Waals surface area contributed by atoms with Crippen molar-refractivity contribution in [2.24, 2.45) is 0 Å². The first-order valence-electron chi connectivity index (χ1n) is 4.72. The average Bonchev–Trinajstić information content (AvgIpc) is 2.85. The van der Waals surface area contributed by atoms with E-state index in [4.69, 9.17) is 0 Å². The standard InChI is InChI=1S/C10H12BrNOS/c1-6(8-4-5-9(11)14-8)10(13)12-7-2-3-7/h4-7H,2-3H2,1H3,(H,12,13). The van der Waals surface area contributed by atoms with Gasteiger partial charge < -0.3 is 5.32 Å². The van der Waals surface area contributed by atoms with Gasteiger partial charge >= 0.3 is 0 Å². The second-order valence-corrected chi connectivity index (χ2v) is 6.14. The largest absolute Gasteiger partial charge is 0.353 e. The lowest BCUT2D eigenvalue weighted by atomic mass is 10.1. The Kier molecular flexibility index (Phi) is 2.93. The van der Waals surface area contributed by atoms with Crippen LogP contribution >= 0.6 is 27.3 Å². The molecule has 1 aliphatic rings. The number of amides is 1. The molecule has 1 amide bonds. The van der Waals surface area contributed by atoms with Crippen molar-refractivity contribution >= 4 is 33.2 Å². The topological polar surface area (TPSA) is 29.1 Å². The van der Waals surface area contributed by atoms with Crippen LogP contribution in [0.1, 0.15) is 30.6 Å². The number of nitrogens with one attached hydrogen (secondary N) is 1. The van der Waals surface area contributed by atoms with Gasteiger partial charge in [-0.3, -0.25) is 4.79 Å². The van der Waals surface area contributed by atoms with E-state index < -0.39 is 0 Å². The normalized spacial score (nSPS) is 17.9. The third kappa shape index (κ3) is 2.36. The molecule has 4 heteroatoms. The first-order chi connectivity index (χ1) is 6.66. The Labute approximate surface area is 95.8 Å². The zero-order chi connectivity index (χ0) is 10.1. The second-order valence-electron chi connectivity index (χ2n) is 3.65. The van der Waals surface area contributed by atoms with Gasteiger partial charge in [-0.15, -0.1) is 11.3 Å². The lowest BCUT2D eigenvalue weighted by Crippen LogP contribution is -2.29. The molecule has 0 radical (unpaired) electrons. The van der Waals surface area contributed by atoms with Crippen molar-refractivity contribution in [1.29, 1.82) is 0 Å². The number of halogens is 1.